The van der Waals surface area contributed by atoms with Gasteiger partial charge in [0.1, 0.15) is 5.75 Å². The van der Waals surface area contributed by atoms with Crippen molar-refractivity contribution in [2.75, 3.05) is 20.7 Å². The summed E-state index contributed by atoms with van der Waals surface area (Å²) in [4.78, 5) is 11.9. The highest BCUT2D eigenvalue weighted by Gasteiger charge is 2.08. The molecule has 8 heteroatoms. The van der Waals surface area contributed by atoms with Gasteiger partial charge in [-0.05, 0) is 48.7 Å². The molecule has 0 saturated carbocycles. The van der Waals surface area contributed by atoms with Gasteiger partial charge in [-0.15, -0.1) is 0 Å². The van der Waals surface area contributed by atoms with Gasteiger partial charge in [-0.1, -0.05) is 36.4 Å². The second-order valence-corrected chi connectivity index (χ2v) is 8.27. The number of ether oxygens (including phenoxy) is 1. The lowest BCUT2D eigenvalue weighted by Crippen LogP contribution is -2.35. The van der Waals surface area contributed by atoms with E-state index in [1.807, 2.05) is 36.4 Å². The lowest BCUT2D eigenvalue weighted by atomic mass is 10.1. The van der Waals surface area contributed by atoms with Crippen molar-refractivity contribution < 1.29 is 17.9 Å². The number of methoxy groups -OCH3 is 1. The number of benzene rings is 2. The third-order valence-electron chi connectivity index (χ3n) is 4.23. The zero-order chi connectivity index (χ0) is 20.4. The predicted molar refractivity (Wildman–Crippen MR) is 110 cm³/mol. The molecule has 2 aromatic rings. The smallest absolute Gasteiger partial charge is 0.315 e. The molecule has 0 aliphatic rings. The Morgan fingerprint density at radius 2 is 1.54 bits per heavy atom. The van der Waals surface area contributed by atoms with Gasteiger partial charge in [0.25, 0.3) is 0 Å². The zero-order valence-corrected chi connectivity index (χ0v) is 17.0. The maximum atomic E-state index is 11.9. The van der Waals surface area contributed by atoms with Gasteiger partial charge in [0.05, 0.1) is 12.9 Å². The molecule has 3 N–H and O–H groups in total. The first-order chi connectivity index (χ1) is 13.4. The summed E-state index contributed by atoms with van der Waals surface area (Å²) in [5.74, 6) is 0.768. The summed E-state index contributed by atoms with van der Waals surface area (Å²) in [6.07, 6.45) is 1.72. The molecule has 2 aromatic carbocycles. The van der Waals surface area contributed by atoms with Gasteiger partial charge in [-0.3, -0.25) is 0 Å². The second-order valence-electron chi connectivity index (χ2n) is 6.34. The van der Waals surface area contributed by atoms with Gasteiger partial charge in [0.15, 0.2) is 0 Å². The average Bonchev–Trinajstić information content (AvgIpc) is 2.71. The summed E-state index contributed by atoms with van der Waals surface area (Å²) in [7, 11) is -0.252. The summed E-state index contributed by atoms with van der Waals surface area (Å²) in [6, 6.07) is 14.8. The molecule has 0 fully saturated rings. The van der Waals surface area contributed by atoms with E-state index in [0.717, 1.165) is 24.2 Å². The number of rotatable bonds is 10. The number of carbonyl (C=O) groups excluding carboxylic acids is 1. The van der Waals surface area contributed by atoms with Crippen LogP contribution in [0.2, 0.25) is 0 Å². The normalized spacial score (nSPS) is 11.1. The molecule has 0 bridgehead atoms. The van der Waals surface area contributed by atoms with Crippen LogP contribution in [-0.2, 0) is 28.7 Å². The van der Waals surface area contributed by atoms with Gasteiger partial charge in [-0.2, -0.15) is 0 Å². The highest BCUT2D eigenvalue weighted by molar-refractivity contribution is 7.88. The maximum absolute atomic E-state index is 11.9. The highest BCUT2D eigenvalue weighted by atomic mass is 32.2. The van der Waals surface area contributed by atoms with E-state index in [2.05, 4.69) is 15.4 Å². The fraction of sp³-hybridized carbons (Fsp3) is 0.350. The van der Waals surface area contributed by atoms with Crippen LogP contribution in [0.15, 0.2) is 48.5 Å². The molecule has 7 nitrogen and oxygen atoms in total. The first-order valence-electron chi connectivity index (χ1n) is 9.05. The SMILES string of the molecule is CNS(=O)(=O)Cc1ccc(CNC(=O)NCCCc2ccc(OC)cc2)cc1. The van der Waals surface area contributed by atoms with Crippen LogP contribution in [0.5, 0.6) is 5.75 Å². The summed E-state index contributed by atoms with van der Waals surface area (Å²) < 4.78 is 30.5. The molecular formula is C20H27N3O4S. The number of nitrogens with one attached hydrogen (secondary N) is 3. The molecular weight excluding hydrogens is 378 g/mol. The number of amides is 2. The van der Waals surface area contributed by atoms with Crippen LogP contribution in [0.25, 0.3) is 0 Å². The van der Waals surface area contributed by atoms with Crippen molar-refractivity contribution in [2.45, 2.75) is 25.1 Å². The average molecular weight is 406 g/mol. The lowest BCUT2D eigenvalue weighted by molar-refractivity contribution is 0.240. The summed E-state index contributed by atoms with van der Waals surface area (Å²) >= 11 is 0. The van der Waals surface area contributed by atoms with E-state index in [-0.39, 0.29) is 11.8 Å². The number of sulfonamides is 1. The van der Waals surface area contributed by atoms with Crippen molar-refractivity contribution in [3.63, 3.8) is 0 Å². The molecule has 0 aliphatic carbocycles. The van der Waals surface area contributed by atoms with Crippen LogP contribution in [0, 0.1) is 0 Å². The third kappa shape index (κ3) is 7.58. The van der Waals surface area contributed by atoms with Crippen molar-refractivity contribution in [1.82, 2.24) is 15.4 Å². The molecule has 152 valence electrons. The summed E-state index contributed by atoms with van der Waals surface area (Å²) in [6.45, 7) is 0.960. The van der Waals surface area contributed by atoms with Gasteiger partial charge in [-0.25, -0.2) is 17.9 Å². The van der Waals surface area contributed by atoms with Gasteiger partial charge < -0.3 is 15.4 Å². The standard InChI is InChI=1S/C20H27N3O4S/c1-21-28(25,26)15-18-7-5-17(6-8-18)14-23-20(24)22-13-3-4-16-9-11-19(27-2)12-10-16/h5-12,21H,3-4,13-15H2,1-2H3,(H2,22,23,24). The molecule has 0 radical (unpaired) electrons. The monoisotopic (exact) mass is 405 g/mol. The van der Waals surface area contributed by atoms with E-state index in [0.29, 0.717) is 18.7 Å². The van der Waals surface area contributed by atoms with Crippen molar-refractivity contribution in [3.05, 3.63) is 65.2 Å². The molecule has 2 amide bonds. The first-order valence-corrected chi connectivity index (χ1v) is 10.7. The van der Waals surface area contributed by atoms with Crippen LogP contribution >= 0.6 is 0 Å². The van der Waals surface area contributed by atoms with E-state index in [9.17, 15) is 13.2 Å². The van der Waals surface area contributed by atoms with E-state index in [1.54, 1.807) is 19.2 Å². The summed E-state index contributed by atoms with van der Waals surface area (Å²) in [5, 5.41) is 5.63. The van der Waals surface area contributed by atoms with Gasteiger partial charge in [0.2, 0.25) is 10.0 Å². The Morgan fingerprint density at radius 1 is 0.929 bits per heavy atom. The topological polar surface area (TPSA) is 96.5 Å². The van der Waals surface area contributed by atoms with Crippen molar-refractivity contribution >= 4 is 16.1 Å². The molecule has 0 heterocycles. The quantitative estimate of drug-likeness (QED) is 0.528. The Hall–Kier alpha value is -2.58. The summed E-state index contributed by atoms with van der Waals surface area (Å²) in [5.41, 5.74) is 2.79. The van der Waals surface area contributed by atoms with E-state index >= 15 is 0 Å². The highest BCUT2D eigenvalue weighted by Crippen LogP contribution is 2.12. The second kappa shape index (κ2) is 10.7. The van der Waals surface area contributed by atoms with Gasteiger partial charge >= 0.3 is 6.03 Å². The fourth-order valence-corrected chi connectivity index (χ4v) is 3.35. The zero-order valence-electron chi connectivity index (χ0n) is 16.2. The maximum Gasteiger partial charge on any atom is 0.315 e. The molecule has 0 saturated heterocycles. The van der Waals surface area contributed by atoms with Crippen molar-refractivity contribution in [1.29, 1.82) is 0 Å². The number of hydrogen-bond acceptors (Lipinski definition) is 4. The Kier molecular flexibility index (Phi) is 8.28. The predicted octanol–water partition coefficient (Wildman–Crippen LogP) is 2.18. The van der Waals surface area contributed by atoms with E-state index < -0.39 is 10.0 Å². The third-order valence-corrected chi connectivity index (χ3v) is 5.57. The molecule has 0 unspecified atom stereocenters. The molecule has 2 rings (SSSR count). The number of hydrogen-bond donors (Lipinski definition) is 3. The lowest BCUT2D eigenvalue weighted by Gasteiger charge is -2.09. The minimum absolute atomic E-state index is 0.0636. The van der Waals surface area contributed by atoms with E-state index in [1.165, 1.54) is 12.6 Å². The van der Waals surface area contributed by atoms with Crippen molar-refractivity contribution in [2.24, 2.45) is 0 Å². The Labute approximate surface area is 166 Å². The number of carbonyl (C=O) groups is 1. The largest absolute Gasteiger partial charge is 0.497 e. The van der Waals surface area contributed by atoms with E-state index in [4.69, 9.17) is 4.74 Å². The molecule has 0 atom stereocenters. The van der Waals surface area contributed by atoms with Crippen LogP contribution in [0.1, 0.15) is 23.1 Å². The minimum Gasteiger partial charge on any atom is -0.497 e. The van der Waals surface area contributed by atoms with Crippen LogP contribution in [0.3, 0.4) is 0 Å². The van der Waals surface area contributed by atoms with Crippen LogP contribution < -0.4 is 20.1 Å². The fourth-order valence-electron chi connectivity index (χ4n) is 2.58. The number of aryl methyl sites for hydroxylation is 1. The Morgan fingerprint density at radius 3 is 2.14 bits per heavy atom. The molecule has 0 aliphatic heterocycles. The molecule has 28 heavy (non-hydrogen) atoms. The number of urea groups is 1. The van der Waals surface area contributed by atoms with Crippen LogP contribution in [0.4, 0.5) is 4.79 Å². The Bertz CT molecular complexity index is 850. The van der Waals surface area contributed by atoms with Crippen molar-refractivity contribution in [3.8, 4) is 5.75 Å². The minimum atomic E-state index is -3.28. The Balaban J connectivity index is 1.66. The molecule has 0 aromatic heterocycles. The van der Waals surface area contributed by atoms with Gasteiger partial charge in [0, 0.05) is 13.1 Å². The first kappa shape index (κ1) is 21.7. The molecule has 0 spiro atoms. The van der Waals surface area contributed by atoms with Crippen LogP contribution in [-0.4, -0.2) is 35.2 Å².